The molecule has 1 aliphatic carbocycles. The van der Waals surface area contributed by atoms with E-state index in [2.05, 4.69) is 15.2 Å². The van der Waals surface area contributed by atoms with Crippen LogP contribution in [0.15, 0.2) is 17.3 Å². The Bertz CT molecular complexity index is 835. The van der Waals surface area contributed by atoms with Crippen molar-refractivity contribution in [3.05, 3.63) is 34.3 Å². The zero-order valence-electron chi connectivity index (χ0n) is 16.8. The second kappa shape index (κ2) is 8.08. The molecule has 152 valence electrons. The summed E-state index contributed by atoms with van der Waals surface area (Å²) >= 11 is 0. The van der Waals surface area contributed by atoms with Gasteiger partial charge in [0, 0.05) is 17.4 Å². The van der Waals surface area contributed by atoms with Gasteiger partial charge in [-0.3, -0.25) is 0 Å². The Morgan fingerprint density at radius 2 is 1.89 bits per heavy atom. The van der Waals surface area contributed by atoms with Gasteiger partial charge in [-0.25, -0.2) is 14.4 Å². The van der Waals surface area contributed by atoms with Crippen LogP contribution in [-0.2, 0) is 14.3 Å². The molecule has 3 rings (SSSR count). The summed E-state index contributed by atoms with van der Waals surface area (Å²) in [6.45, 7) is 7.46. The summed E-state index contributed by atoms with van der Waals surface area (Å²) < 4.78 is 12.7. The largest absolute Gasteiger partial charge is 0.463 e. The minimum atomic E-state index is -0.528. The molecule has 0 saturated heterocycles. The molecule has 1 aromatic rings. The Labute approximate surface area is 164 Å². The molecule has 1 saturated carbocycles. The first kappa shape index (κ1) is 20.0. The SMILES string of the molecule is CCOC(=O)C1=C(COC(=O)c2cc(C)n(C3CC3)c2C)NC(=O)N[C@H]1CC. The monoisotopic (exact) mass is 389 g/mol. The van der Waals surface area contributed by atoms with Crippen LogP contribution in [0.1, 0.15) is 60.9 Å². The standard InChI is InChI=1S/C20H27N3O5/c1-5-15-17(19(25)27-6-2)16(22-20(26)21-15)10-28-18(24)14-9-11(3)23(12(14)4)13-7-8-13/h9,13,15H,5-8,10H2,1-4H3,(H2,21,22,26)/t15-/m0/s1. The van der Waals surface area contributed by atoms with Crippen LogP contribution < -0.4 is 10.6 Å². The lowest BCUT2D eigenvalue weighted by molar-refractivity contribution is -0.139. The molecule has 2 amide bonds. The molecule has 2 heterocycles. The fourth-order valence-corrected chi connectivity index (χ4v) is 3.67. The Hall–Kier alpha value is -2.77. The van der Waals surface area contributed by atoms with Gasteiger partial charge in [0.1, 0.15) is 6.61 Å². The maximum absolute atomic E-state index is 12.6. The van der Waals surface area contributed by atoms with Crippen molar-refractivity contribution < 1.29 is 23.9 Å². The first-order chi connectivity index (χ1) is 13.4. The predicted molar refractivity (Wildman–Crippen MR) is 102 cm³/mol. The van der Waals surface area contributed by atoms with E-state index in [0.29, 0.717) is 23.6 Å². The van der Waals surface area contributed by atoms with Crippen LogP contribution in [0.4, 0.5) is 4.79 Å². The Morgan fingerprint density at radius 3 is 2.50 bits per heavy atom. The first-order valence-corrected chi connectivity index (χ1v) is 9.70. The predicted octanol–water partition coefficient (Wildman–Crippen LogP) is 2.51. The van der Waals surface area contributed by atoms with Gasteiger partial charge in [0.2, 0.25) is 0 Å². The zero-order chi connectivity index (χ0) is 20.4. The van der Waals surface area contributed by atoms with Crippen LogP contribution >= 0.6 is 0 Å². The van der Waals surface area contributed by atoms with Gasteiger partial charge >= 0.3 is 18.0 Å². The Kier molecular flexibility index (Phi) is 5.76. The molecule has 1 aromatic heterocycles. The lowest BCUT2D eigenvalue weighted by Gasteiger charge is -2.28. The highest BCUT2D eigenvalue weighted by Crippen LogP contribution is 2.38. The Balaban J connectivity index is 1.80. The van der Waals surface area contributed by atoms with Crippen molar-refractivity contribution in [2.24, 2.45) is 0 Å². The van der Waals surface area contributed by atoms with E-state index in [1.807, 2.05) is 26.8 Å². The quantitative estimate of drug-likeness (QED) is 0.698. The number of carbonyl (C=O) groups is 3. The van der Waals surface area contributed by atoms with Crippen molar-refractivity contribution in [1.29, 1.82) is 0 Å². The molecule has 0 unspecified atom stereocenters. The van der Waals surface area contributed by atoms with Crippen LogP contribution in [0.3, 0.4) is 0 Å². The molecular formula is C20H27N3O5. The number of amides is 2. The van der Waals surface area contributed by atoms with Gasteiger partial charge in [0.05, 0.1) is 29.5 Å². The number of nitrogens with one attached hydrogen (secondary N) is 2. The molecule has 0 radical (unpaired) electrons. The van der Waals surface area contributed by atoms with E-state index >= 15 is 0 Å². The minimum absolute atomic E-state index is 0.204. The summed E-state index contributed by atoms with van der Waals surface area (Å²) in [6, 6.07) is 1.37. The number of ether oxygens (including phenoxy) is 2. The molecule has 0 aromatic carbocycles. The molecule has 2 aliphatic rings. The van der Waals surface area contributed by atoms with E-state index in [9.17, 15) is 14.4 Å². The number of carbonyl (C=O) groups excluding carboxylic acids is 3. The second-order valence-electron chi connectivity index (χ2n) is 7.13. The second-order valence-corrected chi connectivity index (χ2v) is 7.13. The van der Waals surface area contributed by atoms with Gasteiger partial charge in [-0.2, -0.15) is 0 Å². The highest BCUT2D eigenvalue weighted by atomic mass is 16.5. The highest BCUT2D eigenvalue weighted by molar-refractivity contribution is 5.95. The summed E-state index contributed by atoms with van der Waals surface area (Å²) in [6.07, 6.45) is 2.76. The normalized spacial score (nSPS) is 19.1. The molecule has 2 N–H and O–H groups in total. The summed E-state index contributed by atoms with van der Waals surface area (Å²) in [7, 11) is 0. The van der Waals surface area contributed by atoms with Crippen molar-refractivity contribution in [2.75, 3.05) is 13.2 Å². The minimum Gasteiger partial charge on any atom is -0.463 e. The van der Waals surface area contributed by atoms with Gasteiger partial charge < -0.3 is 24.7 Å². The van der Waals surface area contributed by atoms with E-state index in [-0.39, 0.29) is 18.9 Å². The van der Waals surface area contributed by atoms with E-state index in [0.717, 1.165) is 24.2 Å². The van der Waals surface area contributed by atoms with Crippen molar-refractivity contribution in [1.82, 2.24) is 15.2 Å². The van der Waals surface area contributed by atoms with Crippen LogP contribution in [0.2, 0.25) is 0 Å². The lowest BCUT2D eigenvalue weighted by Crippen LogP contribution is -2.51. The van der Waals surface area contributed by atoms with Gasteiger partial charge in [0.15, 0.2) is 0 Å². The number of urea groups is 1. The highest BCUT2D eigenvalue weighted by Gasteiger charge is 2.33. The van der Waals surface area contributed by atoms with E-state index < -0.39 is 24.0 Å². The van der Waals surface area contributed by atoms with E-state index in [4.69, 9.17) is 9.47 Å². The fourth-order valence-electron chi connectivity index (χ4n) is 3.67. The van der Waals surface area contributed by atoms with Gasteiger partial charge in [-0.1, -0.05) is 6.92 Å². The molecule has 8 heteroatoms. The summed E-state index contributed by atoms with van der Waals surface area (Å²) in [5.41, 5.74) is 2.97. The third kappa shape index (κ3) is 3.90. The Morgan fingerprint density at radius 1 is 1.18 bits per heavy atom. The summed E-state index contributed by atoms with van der Waals surface area (Å²) in [5.74, 6) is -1.00. The number of hydrogen-bond acceptors (Lipinski definition) is 5. The molecule has 0 spiro atoms. The molecule has 1 fully saturated rings. The zero-order valence-corrected chi connectivity index (χ0v) is 16.8. The van der Waals surface area contributed by atoms with E-state index in [1.54, 1.807) is 6.92 Å². The number of rotatable bonds is 7. The third-order valence-corrected chi connectivity index (χ3v) is 5.11. The van der Waals surface area contributed by atoms with Gasteiger partial charge in [-0.15, -0.1) is 0 Å². The average molecular weight is 389 g/mol. The van der Waals surface area contributed by atoms with Gasteiger partial charge in [-0.05, 0) is 46.1 Å². The third-order valence-electron chi connectivity index (χ3n) is 5.11. The summed E-state index contributed by atoms with van der Waals surface area (Å²) in [4.78, 5) is 36.9. The number of aromatic nitrogens is 1. The lowest BCUT2D eigenvalue weighted by atomic mass is 10.0. The van der Waals surface area contributed by atoms with Crippen LogP contribution in [-0.4, -0.2) is 41.8 Å². The molecule has 1 aliphatic heterocycles. The summed E-state index contributed by atoms with van der Waals surface area (Å²) in [5, 5.41) is 5.27. The number of esters is 2. The van der Waals surface area contributed by atoms with Gasteiger partial charge in [0.25, 0.3) is 0 Å². The van der Waals surface area contributed by atoms with Crippen molar-refractivity contribution >= 4 is 18.0 Å². The van der Waals surface area contributed by atoms with Crippen molar-refractivity contribution in [3.63, 3.8) is 0 Å². The molecule has 0 bridgehead atoms. The first-order valence-electron chi connectivity index (χ1n) is 9.70. The topological polar surface area (TPSA) is 98.7 Å². The average Bonchev–Trinajstić information content (AvgIpc) is 3.43. The maximum atomic E-state index is 12.6. The van der Waals surface area contributed by atoms with E-state index in [1.165, 1.54) is 0 Å². The van der Waals surface area contributed by atoms with Crippen molar-refractivity contribution in [3.8, 4) is 0 Å². The molecule has 28 heavy (non-hydrogen) atoms. The number of hydrogen-bond donors (Lipinski definition) is 2. The van der Waals surface area contributed by atoms with Crippen LogP contribution in [0.25, 0.3) is 0 Å². The molecular weight excluding hydrogens is 362 g/mol. The smallest absolute Gasteiger partial charge is 0.340 e. The number of nitrogens with zero attached hydrogens (tertiary/aromatic N) is 1. The van der Waals surface area contributed by atoms with Crippen LogP contribution in [0.5, 0.6) is 0 Å². The number of aryl methyl sites for hydroxylation is 1. The van der Waals surface area contributed by atoms with Crippen molar-refractivity contribution in [2.45, 2.75) is 59.0 Å². The molecule has 8 nitrogen and oxygen atoms in total. The molecule has 1 atom stereocenters. The fraction of sp³-hybridized carbons (Fsp3) is 0.550. The van der Waals surface area contributed by atoms with Crippen LogP contribution in [0, 0.1) is 13.8 Å². The maximum Gasteiger partial charge on any atom is 0.340 e.